The van der Waals surface area contributed by atoms with Gasteiger partial charge in [0.2, 0.25) is 5.91 Å². The molecule has 0 aliphatic carbocycles. The van der Waals surface area contributed by atoms with Crippen LogP contribution < -0.4 is 10.6 Å². The molecule has 1 heterocycles. The summed E-state index contributed by atoms with van der Waals surface area (Å²) in [7, 11) is 0. The number of anilines is 2. The molecule has 1 aromatic carbocycles. The van der Waals surface area contributed by atoms with Crippen molar-refractivity contribution in [2.24, 2.45) is 0 Å². The Morgan fingerprint density at radius 3 is 2.52 bits per heavy atom. The maximum atomic E-state index is 11.9. The SMILES string of the molecule is O=C(O)CCC(=O)Nc1ccc(NC(=O)c2ccco2)c(Cl)c1. The fourth-order valence-corrected chi connectivity index (χ4v) is 1.96. The summed E-state index contributed by atoms with van der Waals surface area (Å²) >= 11 is 6.06. The van der Waals surface area contributed by atoms with Crippen LogP contribution in [0.25, 0.3) is 0 Å². The van der Waals surface area contributed by atoms with Gasteiger partial charge in [0.05, 0.1) is 23.4 Å². The minimum Gasteiger partial charge on any atom is -0.481 e. The van der Waals surface area contributed by atoms with Crippen molar-refractivity contribution in [1.29, 1.82) is 0 Å². The Hall–Kier alpha value is -2.80. The predicted octanol–water partition coefficient (Wildman–Crippen LogP) is 2.99. The molecule has 0 saturated carbocycles. The number of hydrogen-bond donors (Lipinski definition) is 3. The second-order valence-electron chi connectivity index (χ2n) is 4.57. The van der Waals surface area contributed by atoms with E-state index in [9.17, 15) is 14.4 Å². The van der Waals surface area contributed by atoms with E-state index in [4.69, 9.17) is 21.1 Å². The van der Waals surface area contributed by atoms with Crippen molar-refractivity contribution < 1.29 is 23.9 Å². The molecular weight excluding hydrogens is 324 g/mol. The van der Waals surface area contributed by atoms with Crippen LogP contribution in [0.4, 0.5) is 11.4 Å². The Morgan fingerprint density at radius 2 is 1.91 bits per heavy atom. The summed E-state index contributed by atoms with van der Waals surface area (Å²) in [6.07, 6.45) is 0.993. The van der Waals surface area contributed by atoms with Crippen LogP contribution in [0.5, 0.6) is 0 Å². The van der Waals surface area contributed by atoms with Gasteiger partial charge >= 0.3 is 5.97 Å². The first kappa shape index (κ1) is 16.6. The zero-order valence-corrected chi connectivity index (χ0v) is 12.6. The first-order chi connectivity index (χ1) is 11.0. The number of hydrogen-bond acceptors (Lipinski definition) is 4. The third kappa shape index (κ3) is 4.86. The number of amides is 2. The minimum atomic E-state index is -1.05. The van der Waals surface area contributed by atoms with Crippen molar-refractivity contribution in [2.45, 2.75) is 12.8 Å². The van der Waals surface area contributed by atoms with Gasteiger partial charge in [-0.05, 0) is 30.3 Å². The number of aliphatic carboxylic acids is 1. The van der Waals surface area contributed by atoms with E-state index < -0.39 is 17.8 Å². The summed E-state index contributed by atoms with van der Waals surface area (Å²) in [6, 6.07) is 7.63. The first-order valence-corrected chi connectivity index (χ1v) is 6.99. The molecule has 1 aromatic heterocycles. The van der Waals surface area contributed by atoms with Gasteiger partial charge in [-0.25, -0.2) is 0 Å². The first-order valence-electron chi connectivity index (χ1n) is 6.62. The van der Waals surface area contributed by atoms with Crippen molar-refractivity contribution in [2.75, 3.05) is 10.6 Å². The fourth-order valence-electron chi connectivity index (χ4n) is 1.73. The van der Waals surface area contributed by atoms with Gasteiger partial charge in [0.25, 0.3) is 5.91 Å². The topological polar surface area (TPSA) is 109 Å². The average Bonchev–Trinajstić information content (AvgIpc) is 3.02. The van der Waals surface area contributed by atoms with Crippen LogP contribution in [0.15, 0.2) is 41.0 Å². The quantitative estimate of drug-likeness (QED) is 0.751. The standard InChI is InChI=1S/C15H13ClN2O5/c16-10-8-9(17-13(19)5-6-14(20)21)3-4-11(10)18-15(22)12-2-1-7-23-12/h1-4,7-8H,5-6H2,(H,17,19)(H,18,22)(H,20,21). The molecule has 0 unspecified atom stereocenters. The number of carboxylic acids is 1. The Balaban J connectivity index is 1.99. The van der Waals surface area contributed by atoms with Gasteiger partial charge in [0.1, 0.15) is 0 Å². The van der Waals surface area contributed by atoms with Crippen LogP contribution in [0.3, 0.4) is 0 Å². The van der Waals surface area contributed by atoms with Crippen LogP contribution in [-0.4, -0.2) is 22.9 Å². The van der Waals surface area contributed by atoms with Crippen LogP contribution in [0, 0.1) is 0 Å². The molecule has 0 bridgehead atoms. The third-order valence-electron chi connectivity index (χ3n) is 2.81. The lowest BCUT2D eigenvalue weighted by atomic mass is 10.2. The molecule has 0 atom stereocenters. The van der Waals surface area contributed by atoms with Crippen molar-refractivity contribution in [3.05, 3.63) is 47.4 Å². The van der Waals surface area contributed by atoms with E-state index in [0.717, 1.165) is 0 Å². The highest BCUT2D eigenvalue weighted by Gasteiger charge is 2.12. The number of furan rings is 1. The maximum absolute atomic E-state index is 11.9. The lowest BCUT2D eigenvalue weighted by Crippen LogP contribution is -2.14. The number of halogens is 1. The van der Waals surface area contributed by atoms with Crippen molar-refractivity contribution in [3.63, 3.8) is 0 Å². The van der Waals surface area contributed by atoms with Gasteiger partial charge in [-0.3, -0.25) is 14.4 Å². The number of nitrogens with one attached hydrogen (secondary N) is 2. The minimum absolute atomic E-state index is 0.135. The van der Waals surface area contributed by atoms with Crippen LogP contribution in [0.2, 0.25) is 5.02 Å². The molecule has 0 saturated heterocycles. The molecule has 0 spiro atoms. The number of carbonyl (C=O) groups excluding carboxylic acids is 2. The molecule has 2 amide bonds. The lowest BCUT2D eigenvalue weighted by Gasteiger charge is -2.09. The monoisotopic (exact) mass is 336 g/mol. The lowest BCUT2D eigenvalue weighted by molar-refractivity contribution is -0.138. The molecule has 2 aromatic rings. The zero-order chi connectivity index (χ0) is 16.8. The van der Waals surface area contributed by atoms with E-state index in [1.54, 1.807) is 12.1 Å². The van der Waals surface area contributed by atoms with E-state index in [1.165, 1.54) is 24.5 Å². The van der Waals surface area contributed by atoms with Gasteiger partial charge in [-0.15, -0.1) is 0 Å². The molecule has 0 aliphatic rings. The van der Waals surface area contributed by atoms with Gasteiger partial charge in [-0.1, -0.05) is 11.6 Å². The zero-order valence-electron chi connectivity index (χ0n) is 11.8. The van der Waals surface area contributed by atoms with Crippen LogP contribution >= 0.6 is 11.6 Å². The van der Waals surface area contributed by atoms with E-state index in [1.807, 2.05) is 0 Å². The van der Waals surface area contributed by atoms with Gasteiger partial charge in [-0.2, -0.15) is 0 Å². The van der Waals surface area contributed by atoms with E-state index >= 15 is 0 Å². The predicted molar refractivity (Wildman–Crippen MR) is 83.6 cm³/mol. The summed E-state index contributed by atoms with van der Waals surface area (Å²) < 4.78 is 4.97. The summed E-state index contributed by atoms with van der Waals surface area (Å²) in [5.74, 6) is -1.78. The number of carboxylic acid groups (broad SMARTS) is 1. The van der Waals surface area contributed by atoms with Gasteiger partial charge in [0, 0.05) is 12.1 Å². The highest BCUT2D eigenvalue weighted by atomic mass is 35.5. The second kappa shape index (κ2) is 7.46. The molecule has 8 heteroatoms. The average molecular weight is 337 g/mol. The fraction of sp³-hybridized carbons (Fsp3) is 0.133. The largest absolute Gasteiger partial charge is 0.481 e. The second-order valence-corrected chi connectivity index (χ2v) is 4.98. The molecular formula is C15H13ClN2O5. The molecule has 0 radical (unpaired) electrons. The summed E-state index contributed by atoms with van der Waals surface area (Å²) in [5, 5.41) is 13.9. The number of carbonyl (C=O) groups is 3. The van der Waals surface area contributed by atoms with Crippen molar-refractivity contribution >= 4 is 40.8 Å². The number of benzene rings is 1. The number of rotatable bonds is 6. The van der Waals surface area contributed by atoms with Crippen LogP contribution in [-0.2, 0) is 9.59 Å². The molecule has 0 aliphatic heterocycles. The molecule has 120 valence electrons. The van der Waals surface area contributed by atoms with E-state index in [-0.39, 0.29) is 23.6 Å². The van der Waals surface area contributed by atoms with Crippen molar-refractivity contribution in [1.82, 2.24) is 0 Å². The van der Waals surface area contributed by atoms with E-state index in [2.05, 4.69) is 10.6 Å². The van der Waals surface area contributed by atoms with E-state index in [0.29, 0.717) is 11.4 Å². The Bertz CT molecular complexity index is 727. The highest BCUT2D eigenvalue weighted by molar-refractivity contribution is 6.34. The normalized spacial score (nSPS) is 10.1. The smallest absolute Gasteiger partial charge is 0.303 e. The summed E-state index contributed by atoms with van der Waals surface area (Å²) in [6.45, 7) is 0. The summed E-state index contributed by atoms with van der Waals surface area (Å²) in [5.41, 5.74) is 0.762. The molecule has 23 heavy (non-hydrogen) atoms. The summed E-state index contributed by atoms with van der Waals surface area (Å²) in [4.78, 5) is 33.8. The molecule has 3 N–H and O–H groups in total. The van der Waals surface area contributed by atoms with Crippen molar-refractivity contribution in [3.8, 4) is 0 Å². The third-order valence-corrected chi connectivity index (χ3v) is 3.12. The Kier molecular flexibility index (Phi) is 5.37. The highest BCUT2D eigenvalue weighted by Crippen LogP contribution is 2.26. The maximum Gasteiger partial charge on any atom is 0.303 e. The van der Waals surface area contributed by atoms with Crippen LogP contribution in [0.1, 0.15) is 23.4 Å². The molecule has 2 rings (SSSR count). The van der Waals surface area contributed by atoms with Gasteiger partial charge < -0.3 is 20.2 Å². The molecule has 0 fully saturated rings. The Morgan fingerprint density at radius 1 is 1.13 bits per heavy atom. The van der Waals surface area contributed by atoms with Gasteiger partial charge in [0.15, 0.2) is 5.76 Å². The molecule has 7 nitrogen and oxygen atoms in total. The Labute approximate surface area is 136 Å².